The fourth-order valence-corrected chi connectivity index (χ4v) is 1.38. The van der Waals surface area contributed by atoms with Crippen molar-refractivity contribution in [3.8, 4) is 0 Å². The van der Waals surface area contributed by atoms with Crippen molar-refractivity contribution >= 4 is 0 Å². The summed E-state index contributed by atoms with van der Waals surface area (Å²) in [6, 6.07) is 0. The van der Waals surface area contributed by atoms with Crippen LogP contribution in [0.5, 0.6) is 0 Å². The molecule has 1 nitrogen and oxygen atoms in total. The molecule has 1 aliphatic rings. The molecule has 0 spiro atoms. The van der Waals surface area contributed by atoms with E-state index in [0.717, 1.165) is 6.54 Å². The highest BCUT2D eigenvalue weighted by molar-refractivity contribution is 5.27. The molecule has 1 aliphatic heterocycles. The van der Waals surface area contributed by atoms with Gasteiger partial charge in [0.1, 0.15) is 0 Å². The fraction of sp³-hybridized carbons (Fsp3) is 0.600. The molecule has 1 rings (SSSR count). The third kappa shape index (κ3) is 2.41. The van der Waals surface area contributed by atoms with E-state index in [1.54, 1.807) is 0 Å². The van der Waals surface area contributed by atoms with Gasteiger partial charge in [-0.15, -0.1) is 0 Å². The number of nitrogens with one attached hydrogen (secondary N) is 1. The van der Waals surface area contributed by atoms with Gasteiger partial charge in [-0.1, -0.05) is 11.6 Å². The molecular formula is C10H17N. The van der Waals surface area contributed by atoms with Gasteiger partial charge in [-0.25, -0.2) is 0 Å². The van der Waals surface area contributed by atoms with Gasteiger partial charge < -0.3 is 5.32 Å². The van der Waals surface area contributed by atoms with Crippen molar-refractivity contribution < 1.29 is 0 Å². The first-order valence-electron chi connectivity index (χ1n) is 4.28. The summed E-state index contributed by atoms with van der Waals surface area (Å²) >= 11 is 0. The monoisotopic (exact) mass is 151 g/mol. The zero-order valence-corrected chi connectivity index (χ0v) is 7.70. The fourth-order valence-electron chi connectivity index (χ4n) is 1.38. The number of hydrogen-bond acceptors (Lipinski definition) is 1. The van der Waals surface area contributed by atoms with Gasteiger partial charge in [-0.2, -0.15) is 0 Å². The zero-order chi connectivity index (χ0) is 8.27. The van der Waals surface area contributed by atoms with E-state index in [0.29, 0.717) is 0 Å². The van der Waals surface area contributed by atoms with Crippen molar-refractivity contribution in [1.82, 2.24) is 5.32 Å². The molecule has 0 amide bonds. The molecule has 0 aliphatic carbocycles. The van der Waals surface area contributed by atoms with Crippen LogP contribution in [0.3, 0.4) is 0 Å². The lowest BCUT2D eigenvalue weighted by atomic mass is 10.0. The van der Waals surface area contributed by atoms with Gasteiger partial charge in [0.15, 0.2) is 0 Å². The largest absolute Gasteiger partial charge is 0.388 e. The molecule has 0 bridgehead atoms. The van der Waals surface area contributed by atoms with E-state index >= 15 is 0 Å². The summed E-state index contributed by atoms with van der Waals surface area (Å²) < 4.78 is 0. The molecule has 0 saturated carbocycles. The maximum absolute atomic E-state index is 3.37. The van der Waals surface area contributed by atoms with Crippen molar-refractivity contribution in [1.29, 1.82) is 0 Å². The van der Waals surface area contributed by atoms with Crippen LogP contribution in [0.1, 0.15) is 33.6 Å². The molecular weight excluding hydrogens is 134 g/mol. The minimum atomic E-state index is 1.14. The zero-order valence-electron chi connectivity index (χ0n) is 7.70. The van der Waals surface area contributed by atoms with Gasteiger partial charge in [0, 0.05) is 12.2 Å². The van der Waals surface area contributed by atoms with E-state index in [2.05, 4.69) is 32.2 Å². The Morgan fingerprint density at radius 3 is 2.73 bits per heavy atom. The molecule has 1 heteroatoms. The third-order valence-electron chi connectivity index (χ3n) is 1.96. The highest BCUT2D eigenvalue weighted by Gasteiger charge is 2.04. The summed E-state index contributed by atoms with van der Waals surface area (Å²) in [5.74, 6) is 0. The minimum Gasteiger partial charge on any atom is -0.388 e. The smallest absolute Gasteiger partial charge is 0.0147 e. The average molecular weight is 151 g/mol. The van der Waals surface area contributed by atoms with Gasteiger partial charge in [-0.3, -0.25) is 0 Å². The quantitative estimate of drug-likeness (QED) is 0.607. The molecule has 11 heavy (non-hydrogen) atoms. The lowest BCUT2D eigenvalue weighted by Gasteiger charge is -2.17. The Morgan fingerprint density at radius 1 is 1.45 bits per heavy atom. The summed E-state index contributed by atoms with van der Waals surface area (Å²) in [7, 11) is 0. The van der Waals surface area contributed by atoms with Gasteiger partial charge in [0.25, 0.3) is 0 Å². The summed E-state index contributed by atoms with van der Waals surface area (Å²) in [5.41, 5.74) is 4.23. The number of allylic oxidation sites excluding steroid dienone is 4. The molecule has 62 valence electrons. The van der Waals surface area contributed by atoms with Crippen molar-refractivity contribution in [3.05, 3.63) is 22.9 Å². The summed E-state index contributed by atoms with van der Waals surface area (Å²) in [4.78, 5) is 0. The molecule has 0 fully saturated rings. The van der Waals surface area contributed by atoms with Crippen molar-refractivity contribution in [2.75, 3.05) is 6.54 Å². The van der Waals surface area contributed by atoms with Crippen LogP contribution in [-0.4, -0.2) is 6.54 Å². The molecule has 0 aromatic carbocycles. The van der Waals surface area contributed by atoms with Crippen LogP contribution in [-0.2, 0) is 0 Å². The first-order chi connectivity index (χ1) is 5.20. The van der Waals surface area contributed by atoms with Crippen LogP contribution in [0.2, 0.25) is 0 Å². The van der Waals surface area contributed by atoms with Gasteiger partial charge in [0.05, 0.1) is 0 Å². The predicted octanol–water partition coefficient (Wildman–Crippen LogP) is 2.61. The maximum atomic E-state index is 3.37. The van der Waals surface area contributed by atoms with Crippen molar-refractivity contribution in [2.45, 2.75) is 33.6 Å². The summed E-state index contributed by atoms with van der Waals surface area (Å²) in [6.07, 6.45) is 4.79. The molecule has 0 atom stereocenters. The van der Waals surface area contributed by atoms with Crippen LogP contribution in [0.25, 0.3) is 0 Å². The maximum Gasteiger partial charge on any atom is 0.0147 e. The van der Waals surface area contributed by atoms with E-state index in [4.69, 9.17) is 0 Å². The molecule has 0 aromatic rings. The molecule has 0 radical (unpaired) electrons. The second kappa shape index (κ2) is 3.61. The SMILES string of the molecule is CC(C)=CC1=C(C)NCCC1. The number of rotatable bonds is 1. The van der Waals surface area contributed by atoms with Crippen LogP contribution >= 0.6 is 0 Å². The van der Waals surface area contributed by atoms with E-state index in [1.165, 1.54) is 29.7 Å². The highest BCUT2D eigenvalue weighted by atomic mass is 14.9. The lowest BCUT2D eigenvalue weighted by Crippen LogP contribution is -2.19. The Balaban J connectivity index is 2.75. The molecule has 1 heterocycles. The van der Waals surface area contributed by atoms with E-state index < -0.39 is 0 Å². The average Bonchev–Trinajstić information content (AvgIpc) is 1.93. The van der Waals surface area contributed by atoms with Crippen molar-refractivity contribution in [2.24, 2.45) is 0 Å². The van der Waals surface area contributed by atoms with Crippen molar-refractivity contribution in [3.63, 3.8) is 0 Å². The summed E-state index contributed by atoms with van der Waals surface area (Å²) in [5, 5.41) is 3.37. The second-order valence-electron chi connectivity index (χ2n) is 3.40. The van der Waals surface area contributed by atoms with E-state index in [9.17, 15) is 0 Å². The molecule has 0 saturated heterocycles. The Kier molecular flexibility index (Phi) is 2.75. The Labute approximate surface area is 69.2 Å². The molecule has 0 unspecified atom stereocenters. The Morgan fingerprint density at radius 2 is 2.18 bits per heavy atom. The van der Waals surface area contributed by atoms with Crippen LogP contribution in [0, 0.1) is 0 Å². The standard InChI is InChI=1S/C10H17N/c1-8(2)7-10-5-4-6-11-9(10)3/h7,11H,4-6H2,1-3H3. The predicted molar refractivity (Wildman–Crippen MR) is 49.4 cm³/mol. The van der Waals surface area contributed by atoms with Gasteiger partial charge >= 0.3 is 0 Å². The van der Waals surface area contributed by atoms with E-state index in [-0.39, 0.29) is 0 Å². The Bertz CT molecular complexity index is 195. The van der Waals surface area contributed by atoms with Crippen LogP contribution in [0.4, 0.5) is 0 Å². The van der Waals surface area contributed by atoms with Gasteiger partial charge in [0.2, 0.25) is 0 Å². The van der Waals surface area contributed by atoms with Gasteiger partial charge in [-0.05, 0) is 39.2 Å². The first-order valence-corrected chi connectivity index (χ1v) is 4.28. The second-order valence-corrected chi connectivity index (χ2v) is 3.40. The normalized spacial score (nSPS) is 17.7. The molecule has 0 aromatic heterocycles. The van der Waals surface area contributed by atoms with Crippen LogP contribution < -0.4 is 5.32 Å². The first kappa shape index (κ1) is 8.38. The molecule has 1 N–H and O–H groups in total. The van der Waals surface area contributed by atoms with Crippen LogP contribution in [0.15, 0.2) is 22.9 Å². The lowest BCUT2D eigenvalue weighted by molar-refractivity contribution is 0.671. The summed E-state index contributed by atoms with van der Waals surface area (Å²) in [6.45, 7) is 7.60. The highest BCUT2D eigenvalue weighted by Crippen LogP contribution is 2.16. The topological polar surface area (TPSA) is 12.0 Å². The number of hydrogen-bond donors (Lipinski definition) is 1. The minimum absolute atomic E-state index is 1.14. The third-order valence-corrected chi connectivity index (χ3v) is 1.96. The Hall–Kier alpha value is -0.720. The van der Waals surface area contributed by atoms with E-state index in [1.807, 2.05) is 0 Å².